The third-order valence-corrected chi connectivity index (χ3v) is 3.88. The molecule has 1 heteroatoms. The summed E-state index contributed by atoms with van der Waals surface area (Å²) in [6.45, 7) is 4.49. The molecule has 2 rings (SSSR count). The lowest BCUT2D eigenvalue weighted by molar-refractivity contribution is 0.479. The lowest BCUT2D eigenvalue weighted by atomic mass is 10.0. The quantitative estimate of drug-likeness (QED) is 0.736. The van der Waals surface area contributed by atoms with E-state index in [1.807, 2.05) is 0 Å². The van der Waals surface area contributed by atoms with Crippen LogP contribution in [-0.2, 0) is 6.42 Å². The van der Waals surface area contributed by atoms with Crippen molar-refractivity contribution in [3.8, 4) is 0 Å². The Morgan fingerprint density at radius 1 is 1.18 bits per heavy atom. The van der Waals surface area contributed by atoms with E-state index in [2.05, 4.69) is 36.5 Å². The first-order chi connectivity index (χ1) is 8.34. The van der Waals surface area contributed by atoms with Crippen LogP contribution in [0.15, 0.2) is 24.3 Å². The Kier molecular flexibility index (Phi) is 5.06. The van der Waals surface area contributed by atoms with Gasteiger partial charge < -0.3 is 5.32 Å². The molecule has 1 aromatic rings. The van der Waals surface area contributed by atoms with Crippen LogP contribution in [0, 0.1) is 12.8 Å². The third kappa shape index (κ3) is 4.51. The van der Waals surface area contributed by atoms with Gasteiger partial charge in [0, 0.05) is 0 Å². The van der Waals surface area contributed by atoms with Crippen LogP contribution in [0.25, 0.3) is 0 Å². The molecule has 0 bridgehead atoms. The molecule has 1 saturated carbocycles. The molecule has 0 spiro atoms. The van der Waals surface area contributed by atoms with Crippen LogP contribution in [-0.4, -0.2) is 13.1 Å². The molecule has 1 N–H and O–H groups in total. The molecule has 0 aliphatic heterocycles. The van der Waals surface area contributed by atoms with Crippen LogP contribution in [0.1, 0.15) is 43.2 Å². The van der Waals surface area contributed by atoms with Gasteiger partial charge in [0.15, 0.2) is 0 Å². The summed E-state index contributed by atoms with van der Waals surface area (Å²) in [4.78, 5) is 0. The highest BCUT2D eigenvalue weighted by Gasteiger charge is 2.13. The van der Waals surface area contributed by atoms with E-state index in [4.69, 9.17) is 0 Å². The summed E-state index contributed by atoms with van der Waals surface area (Å²) < 4.78 is 0. The van der Waals surface area contributed by atoms with Crippen LogP contribution >= 0.6 is 0 Å². The molecule has 1 fully saturated rings. The average molecular weight is 231 g/mol. The number of aryl methyl sites for hydroxylation is 1. The molecule has 0 radical (unpaired) electrons. The topological polar surface area (TPSA) is 12.0 Å². The Hall–Kier alpha value is -0.820. The van der Waals surface area contributed by atoms with Gasteiger partial charge in [-0.25, -0.2) is 0 Å². The van der Waals surface area contributed by atoms with Gasteiger partial charge in [-0.05, 0) is 44.3 Å². The maximum absolute atomic E-state index is 3.58. The minimum absolute atomic E-state index is 1.02. The zero-order valence-corrected chi connectivity index (χ0v) is 11.0. The van der Waals surface area contributed by atoms with Gasteiger partial charge in [-0.1, -0.05) is 55.5 Å². The molecule has 0 amide bonds. The highest BCUT2D eigenvalue weighted by molar-refractivity contribution is 5.22. The number of hydrogen-bond acceptors (Lipinski definition) is 1. The molecule has 0 aromatic heterocycles. The molecular weight excluding hydrogens is 206 g/mol. The predicted molar refractivity (Wildman–Crippen MR) is 74.3 cm³/mol. The molecule has 0 unspecified atom stereocenters. The van der Waals surface area contributed by atoms with E-state index in [1.165, 1.54) is 49.8 Å². The molecule has 17 heavy (non-hydrogen) atoms. The summed E-state index contributed by atoms with van der Waals surface area (Å²) in [5.41, 5.74) is 2.83. The molecule has 0 atom stereocenters. The fraction of sp³-hybridized carbons (Fsp3) is 0.625. The normalized spacial score (nSPS) is 16.5. The van der Waals surface area contributed by atoms with Crippen LogP contribution in [0.3, 0.4) is 0 Å². The minimum atomic E-state index is 1.02. The van der Waals surface area contributed by atoms with Crippen molar-refractivity contribution in [2.45, 2.75) is 45.4 Å². The fourth-order valence-corrected chi connectivity index (χ4v) is 2.83. The fourth-order valence-electron chi connectivity index (χ4n) is 2.83. The van der Waals surface area contributed by atoms with Crippen LogP contribution in [0.4, 0.5) is 0 Å². The summed E-state index contributed by atoms with van der Waals surface area (Å²) in [7, 11) is 0. The van der Waals surface area contributed by atoms with Crippen LogP contribution in [0.2, 0.25) is 0 Å². The van der Waals surface area contributed by atoms with Gasteiger partial charge in [0.1, 0.15) is 0 Å². The first-order valence-corrected chi connectivity index (χ1v) is 7.11. The SMILES string of the molecule is Cc1cccc(CCNCCC2CCCC2)c1. The van der Waals surface area contributed by atoms with E-state index in [-0.39, 0.29) is 0 Å². The summed E-state index contributed by atoms with van der Waals surface area (Å²) in [5, 5.41) is 3.58. The van der Waals surface area contributed by atoms with Crippen molar-refractivity contribution < 1.29 is 0 Å². The maximum Gasteiger partial charge on any atom is -0.000835 e. The van der Waals surface area contributed by atoms with Crippen molar-refractivity contribution in [2.24, 2.45) is 5.92 Å². The predicted octanol–water partition coefficient (Wildman–Crippen LogP) is 3.71. The maximum atomic E-state index is 3.58. The first kappa shape index (κ1) is 12.6. The van der Waals surface area contributed by atoms with E-state index in [0.29, 0.717) is 0 Å². The van der Waals surface area contributed by atoms with Gasteiger partial charge in [0.2, 0.25) is 0 Å². The monoisotopic (exact) mass is 231 g/mol. The molecule has 1 aromatic carbocycles. The Labute approximate surface area is 106 Å². The second-order valence-electron chi connectivity index (χ2n) is 5.43. The number of rotatable bonds is 6. The minimum Gasteiger partial charge on any atom is -0.316 e. The standard InChI is InChI=1S/C16H25N/c1-14-5-4-8-16(13-14)10-12-17-11-9-15-6-2-3-7-15/h4-5,8,13,15,17H,2-3,6-7,9-12H2,1H3. The third-order valence-electron chi connectivity index (χ3n) is 3.88. The molecule has 1 aliphatic carbocycles. The molecule has 1 aliphatic rings. The van der Waals surface area contributed by atoms with E-state index in [9.17, 15) is 0 Å². The van der Waals surface area contributed by atoms with Gasteiger partial charge in [-0.15, -0.1) is 0 Å². The van der Waals surface area contributed by atoms with Gasteiger partial charge in [0.25, 0.3) is 0 Å². The van der Waals surface area contributed by atoms with E-state index < -0.39 is 0 Å². The number of benzene rings is 1. The van der Waals surface area contributed by atoms with E-state index in [1.54, 1.807) is 0 Å². The number of hydrogen-bond donors (Lipinski definition) is 1. The van der Waals surface area contributed by atoms with Crippen molar-refractivity contribution in [3.63, 3.8) is 0 Å². The van der Waals surface area contributed by atoms with Crippen LogP contribution in [0.5, 0.6) is 0 Å². The summed E-state index contributed by atoms with van der Waals surface area (Å²) >= 11 is 0. The molecular formula is C16H25N. The molecule has 94 valence electrons. The Morgan fingerprint density at radius 3 is 2.76 bits per heavy atom. The molecule has 0 saturated heterocycles. The Bertz CT molecular complexity index is 326. The second-order valence-corrected chi connectivity index (χ2v) is 5.43. The van der Waals surface area contributed by atoms with E-state index >= 15 is 0 Å². The first-order valence-electron chi connectivity index (χ1n) is 7.11. The average Bonchev–Trinajstić information content (AvgIpc) is 2.82. The molecule has 1 nitrogen and oxygen atoms in total. The highest BCUT2D eigenvalue weighted by Crippen LogP contribution is 2.26. The highest BCUT2D eigenvalue weighted by atomic mass is 14.8. The van der Waals surface area contributed by atoms with E-state index in [0.717, 1.165) is 18.9 Å². The van der Waals surface area contributed by atoms with Crippen molar-refractivity contribution in [3.05, 3.63) is 35.4 Å². The summed E-state index contributed by atoms with van der Waals surface area (Å²) in [6, 6.07) is 8.84. The zero-order valence-electron chi connectivity index (χ0n) is 11.0. The molecule has 0 heterocycles. The van der Waals surface area contributed by atoms with Crippen molar-refractivity contribution in [1.82, 2.24) is 5.32 Å². The summed E-state index contributed by atoms with van der Waals surface area (Å²) in [6.07, 6.45) is 8.42. The summed E-state index contributed by atoms with van der Waals surface area (Å²) in [5.74, 6) is 1.02. The lowest BCUT2D eigenvalue weighted by Gasteiger charge is -2.09. The Morgan fingerprint density at radius 2 is 2.00 bits per heavy atom. The lowest BCUT2D eigenvalue weighted by Crippen LogP contribution is -2.20. The number of nitrogens with one attached hydrogen (secondary N) is 1. The second kappa shape index (κ2) is 6.80. The van der Waals surface area contributed by atoms with Crippen molar-refractivity contribution >= 4 is 0 Å². The van der Waals surface area contributed by atoms with Crippen molar-refractivity contribution in [2.75, 3.05) is 13.1 Å². The van der Waals surface area contributed by atoms with Gasteiger partial charge in [-0.2, -0.15) is 0 Å². The van der Waals surface area contributed by atoms with Gasteiger partial charge in [-0.3, -0.25) is 0 Å². The zero-order chi connectivity index (χ0) is 11.9. The van der Waals surface area contributed by atoms with Crippen molar-refractivity contribution in [1.29, 1.82) is 0 Å². The Balaban J connectivity index is 1.56. The van der Waals surface area contributed by atoms with Gasteiger partial charge in [0.05, 0.1) is 0 Å². The smallest absolute Gasteiger partial charge is 0.000835 e. The van der Waals surface area contributed by atoms with Gasteiger partial charge >= 0.3 is 0 Å². The van der Waals surface area contributed by atoms with Crippen LogP contribution < -0.4 is 5.32 Å². The largest absolute Gasteiger partial charge is 0.316 e.